The highest BCUT2D eigenvalue weighted by Gasteiger charge is 2.15. The second kappa shape index (κ2) is 6.40. The molecule has 1 aliphatic heterocycles. The molecule has 2 N–H and O–H groups in total. The van der Waals surface area contributed by atoms with E-state index >= 15 is 0 Å². The van der Waals surface area contributed by atoms with Gasteiger partial charge >= 0.3 is 0 Å². The highest BCUT2D eigenvalue weighted by Crippen LogP contribution is 2.03. The van der Waals surface area contributed by atoms with E-state index in [0.717, 1.165) is 13.0 Å². The van der Waals surface area contributed by atoms with Crippen LogP contribution in [0.4, 0.5) is 0 Å². The third-order valence-corrected chi connectivity index (χ3v) is 2.47. The van der Waals surface area contributed by atoms with Crippen LogP contribution in [0.25, 0.3) is 0 Å². The fourth-order valence-corrected chi connectivity index (χ4v) is 1.65. The Balaban J connectivity index is 0.00000128. The van der Waals surface area contributed by atoms with E-state index in [1.54, 1.807) is 6.20 Å². The van der Waals surface area contributed by atoms with Crippen molar-refractivity contribution >= 4 is 18.3 Å². The van der Waals surface area contributed by atoms with E-state index in [-0.39, 0.29) is 18.3 Å². The van der Waals surface area contributed by atoms with Crippen molar-refractivity contribution in [1.82, 2.24) is 20.6 Å². The van der Waals surface area contributed by atoms with Crippen LogP contribution in [0, 0.1) is 0 Å². The minimum atomic E-state index is -0.156. The van der Waals surface area contributed by atoms with Crippen LogP contribution in [0.5, 0.6) is 0 Å². The van der Waals surface area contributed by atoms with Gasteiger partial charge in [0.15, 0.2) is 0 Å². The summed E-state index contributed by atoms with van der Waals surface area (Å²) in [6.07, 6.45) is 6.85. The van der Waals surface area contributed by atoms with Crippen LogP contribution < -0.4 is 10.6 Å². The largest absolute Gasteiger partial charge is 0.349 e. The molecular formula is C10H15ClN4O. The summed E-state index contributed by atoms with van der Waals surface area (Å²) in [5.74, 6) is -0.156. The maximum Gasteiger partial charge on any atom is 0.271 e. The number of carbonyl (C=O) groups is 1. The molecule has 1 atom stereocenters. The van der Waals surface area contributed by atoms with Crippen molar-refractivity contribution in [3.63, 3.8) is 0 Å². The molecule has 1 aromatic rings. The maximum absolute atomic E-state index is 11.6. The quantitative estimate of drug-likeness (QED) is 0.804. The van der Waals surface area contributed by atoms with Crippen molar-refractivity contribution < 1.29 is 4.79 Å². The monoisotopic (exact) mass is 242 g/mol. The van der Waals surface area contributed by atoms with E-state index < -0.39 is 0 Å². The van der Waals surface area contributed by atoms with E-state index in [1.807, 2.05) is 0 Å². The maximum atomic E-state index is 11.6. The van der Waals surface area contributed by atoms with Crippen LogP contribution >= 0.6 is 12.4 Å². The first-order valence-corrected chi connectivity index (χ1v) is 5.14. The van der Waals surface area contributed by atoms with Gasteiger partial charge in [0.2, 0.25) is 0 Å². The van der Waals surface area contributed by atoms with Gasteiger partial charge in [-0.05, 0) is 19.4 Å². The zero-order valence-electron chi connectivity index (χ0n) is 8.85. The molecule has 16 heavy (non-hydrogen) atoms. The van der Waals surface area contributed by atoms with Crippen LogP contribution in [0.3, 0.4) is 0 Å². The lowest BCUT2D eigenvalue weighted by molar-refractivity contribution is 0.0945. The lowest BCUT2D eigenvalue weighted by Crippen LogP contribution is -2.37. The van der Waals surface area contributed by atoms with Crippen LogP contribution in [0.1, 0.15) is 23.3 Å². The molecule has 0 aliphatic carbocycles. The van der Waals surface area contributed by atoms with Gasteiger partial charge < -0.3 is 10.6 Å². The number of aromatic nitrogens is 2. The van der Waals surface area contributed by atoms with E-state index in [1.165, 1.54) is 18.8 Å². The lowest BCUT2D eigenvalue weighted by Gasteiger charge is -2.10. The number of amides is 1. The fraction of sp³-hybridized carbons (Fsp3) is 0.500. The number of carbonyl (C=O) groups excluding carboxylic acids is 1. The van der Waals surface area contributed by atoms with Crippen molar-refractivity contribution in [1.29, 1.82) is 0 Å². The summed E-state index contributed by atoms with van der Waals surface area (Å²) >= 11 is 0. The smallest absolute Gasteiger partial charge is 0.271 e. The molecule has 1 aromatic heterocycles. The van der Waals surface area contributed by atoms with Crippen molar-refractivity contribution in [2.24, 2.45) is 0 Å². The highest BCUT2D eigenvalue weighted by molar-refractivity contribution is 5.91. The number of hydrogen-bond acceptors (Lipinski definition) is 4. The molecule has 2 rings (SSSR count). The van der Waals surface area contributed by atoms with Crippen LogP contribution in [-0.4, -0.2) is 35.0 Å². The Bertz CT molecular complexity index is 327. The van der Waals surface area contributed by atoms with E-state index in [9.17, 15) is 4.79 Å². The molecule has 0 bridgehead atoms. The molecule has 0 aromatic carbocycles. The zero-order valence-corrected chi connectivity index (χ0v) is 9.67. The highest BCUT2D eigenvalue weighted by atomic mass is 35.5. The van der Waals surface area contributed by atoms with Gasteiger partial charge in [-0.3, -0.25) is 9.78 Å². The van der Waals surface area contributed by atoms with E-state index in [4.69, 9.17) is 0 Å². The summed E-state index contributed by atoms with van der Waals surface area (Å²) in [4.78, 5) is 19.3. The third-order valence-electron chi connectivity index (χ3n) is 2.47. The summed E-state index contributed by atoms with van der Waals surface area (Å²) in [6.45, 7) is 1.71. The van der Waals surface area contributed by atoms with Crippen LogP contribution in [-0.2, 0) is 0 Å². The molecule has 6 heteroatoms. The molecule has 0 spiro atoms. The Labute approximate surface area is 100 Å². The van der Waals surface area contributed by atoms with Gasteiger partial charge in [0.05, 0.1) is 6.20 Å². The second-order valence-electron chi connectivity index (χ2n) is 3.59. The van der Waals surface area contributed by atoms with Gasteiger partial charge in [-0.15, -0.1) is 12.4 Å². The number of nitrogens with zero attached hydrogens (tertiary/aromatic N) is 2. The topological polar surface area (TPSA) is 66.9 Å². The number of hydrogen-bond donors (Lipinski definition) is 2. The summed E-state index contributed by atoms with van der Waals surface area (Å²) in [6, 6.07) is 0.408. The molecule has 1 fully saturated rings. The molecule has 2 heterocycles. The third kappa shape index (κ3) is 3.43. The fourth-order valence-electron chi connectivity index (χ4n) is 1.65. The van der Waals surface area contributed by atoms with Crippen molar-refractivity contribution in [3.8, 4) is 0 Å². The predicted octanol–water partition coefficient (Wildman–Crippen LogP) is 0.380. The van der Waals surface area contributed by atoms with Crippen molar-refractivity contribution in [2.45, 2.75) is 18.9 Å². The minimum absolute atomic E-state index is 0. The Morgan fingerprint density at radius 2 is 2.44 bits per heavy atom. The Hall–Kier alpha value is -1.20. The number of nitrogens with one attached hydrogen (secondary N) is 2. The number of rotatable bonds is 3. The SMILES string of the molecule is Cl.O=C(NCC1CCCN1)c1cnccn1. The molecule has 5 nitrogen and oxygen atoms in total. The summed E-state index contributed by atoms with van der Waals surface area (Å²) in [5.41, 5.74) is 0.371. The molecule has 1 amide bonds. The van der Waals surface area contributed by atoms with E-state index in [2.05, 4.69) is 20.6 Å². The first-order chi connectivity index (χ1) is 7.36. The van der Waals surface area contributed by atoms with Crippen LogP contribution in [0.2, 0.25) is 0 Å². The molecule has 1 aliphatic rings. The normalized spacial score (nSPS) is 18.9. The van der Waals surface area contributed by atoms with Gasteiger partial charge in [-0.1, -0.05) is 0 Å². The van der Waals surface area contributed by atoms with Crippen molar-refractivity contribution in [3.05, 3.63) is 24.3 Å². The van der Waals surface area contributed by atoms with Gasteiger partial charge in [0.1, 0.15) is 5.69 Å². The standard InChI is InChI=1S/C10H14N4O.ClH/c15-10(9-7-11-4-5-13-9)14-6-8-2-1-3-12-8;/h4-5,7-8,12H,1-3,6H2,(H,14,15);1H. The first kappa shape index (κ1) is 12.9. The molecule has 1 saturated heterocycles. The summed E-state index contributed by atoms with van der Waals surface area (Å²) in [7, 11) is 0. The Kier molecular flexibility index (Phi) is 5.14. The van der Waals surface area contributed by atoms with Gasteiger partial charge in [0.25, 0.3) is 5.91 Å². The molecule has 88 valence electrons. The molecular weight excluding hydrogens is 228 g/mol. The Morgan fingerprint density at radius 1 is 1.56 bits per heavy atom. The van der Waals surface area contributed by atoms with E-state index in [0.29, 0.717) is 18.3 Å². The molecule has 0 radical (unpaired) electrons. The second-order valence-corrected chi connectivity index (χ2v) is 3.59. The van der Waals surface area contributed by atoms with Gasteiger partial charge in [-0.2, -0.15) is 0 Å². The number of halogens is 1. The molecule has 0 saturated carbocycles. The predicted molar refractivity (Wildman–Crippen MR) is 62.6 cm³/mol. The zero-order chi connectivity index (χ0) is 10.5. The van der Waals surface area contributed by atoms with Crippen molar-refractivity contribution in [2.75, 3.05) is 13.1 Å². The average Bonchev–Trinajstić information content (AvgIpc) is 2.80. The van der Waals surface area contributed by atoms with Crippen LogP contribution in [0.15, 0.2) is 18.6 Å². The Morgan fingerprint density at radius 3 is 3.06 bits per heavy atom. The first-order valence-electron chi connectivity index (χ1n) is 5.14. The average molecular weight is 243 g/mol. The van der Waals surface area contributed by atoms with Gasteiger partial charge in [0, 0.05) is 25.0 Å². The van der Waals surface area contributed by atoms with Gasteiger partial charge in [-0.25, -0.2) is 4.98 Å². The minimum Gasteiger partial charge on any atom is -0.349 e. The summed E-state index contributed by atoms with van der Waals surface area (Å²) in [5, 5.41) is 6.15. The molecule has 1 unspecified atom stereocenters. The summed E-state index contributed by atoms with van der Waals surface area (Å²) < 4.78 is 0. The lowest BCUT2D eigenvalue weighted by atomic mass is 10.2.